The van der Waals surface area contributed by atoms with Gasteiger partial charge in [0.2, 0.25) is 0 Å². The van der Waals surface area contributed by atoms with Crippen LogP contribution in [0.15, 0.2) is 29.0 Å². The summed E-state index contributed by atoms with van der Waals surface area (Å²) in [6, 6.07) is 3.67. The molecular weight excluding hydrogens is 265 g/mol. The van der Waals surface area contributed by atoms with Crippen LogP contribution in [0.4, 0.5) is 0 Å². The van der Waals surface area contributed by atoms with Crippen LogP contribution in [0.25, 0.3) is 10.8 Å². The van der Waals surface area contributed by atoms with E-state index in [0.717, 1.165) is 20.8 Å². The van der Waals surface area contributed by atoms with Crippen molar-refractivity contribution in [3.05, 3.63) is 39.6 Å². The standard InChI is InChI=1S/C10H7BrClNO/c11-9-4-13-3-6-2-10(12)7(5-14)1-8(6)9/h1-4,14H,5H2. The maximum absolute atomic E-state index is 9.05. The summed E-state index contributed by atoms with van der Waals surface area (Å²) < 4.78 is 0.904. The number of nitrogens with zero attached hydrogens (tertiary/aromatic N) is 1. The van der Waals surface area contributed by atoms with Crippen LogP contribution in [0.3, 0.4) is 0 Å². The lowest BCUT2D eigenvalue weighted by Gasteiger charge is -2.04. The molecule has 4 heteroatoms. The van der Waals surface area contributed by atoms with Crippen molar-refractivity contribution in [3.63, 3.8) is 0 Å². The molecule has 1 N–H and O–H groups in total. The topological polar surface area (TPSA) is 33.1 Å². The Hall–Kier alpha value is -0.640. The van der Waals surface area contributed by atoms with Crippen molar-refractivity contribution < 1.29 is 5.11 Å². The van der Waals surface area contributed by atoms with Crippen LogP contribution in [0, 0.1) is 0 Å². The average Bonchev–Trinajstić information content (AvgIpc) is 2.17. The second-order valence-corrected chi connectivity index (χ2v) is 4.21. The normalized spacial score (nSPS) is 10.8. The number of rotatable bonds is 1. The van der Waals surface area contributed by atoms with E-state index in [1.165, 1.54) is 0 Å². The molecule has 1 aromatic carbocycles. The number of benzene rings is 1. The smallest absolute Gasteiger partial charge is 0.0696 e. The lowest BCUT2D eigenvalue weighted by atomic mass is 10.1. The second kappa shape index (κ2) is 3.85. The van der Waals surface area contributed by atoms with Crippen LogP contribution in [0.1, 0.15) is 5.56 Å². The maximum atomic E-state index is 9.05. The number of aromatic nitrogens is 1. The Kier molecular flexibility index (Phi) is 2.72. The van der Waals surface area contributed by atoms with Gasteiger partial charge in [-0.1, -0.05) is 11.6 Å². The molecule has 0 atom stereocenters. The number of pyridine rings is 1. The highest BCUT2D eigenvalue weighted by Crippen LogP contribution is 2.28. The van der Waals surface area contributed by atoms with Crippen molar-refractivity contribution in [2.45, 2.75) is 6.61 Å². The summed E-state index contributed by atoms with van der Waals surface area (Å²) in [7, 11) is 0. The van der Waals surface area contributed by atoms with Crippen molar-refractivity contribution in [1.82, 2.24) is 4.98 Å². The fourth-order valence-corrected chi connectivity index (χ4v) is 2.01. The van der Waals surface area contributed by atoms with Crippen LogP contribution < -0.4 is 0 Å². The number of hydrogen-bond donors (Lipinski definition) is 1. The monoisotopic (exact) mass is 271 g/mol. The summed E-state index contributed by atoms with van der Waals surface area (Å²) in [6.07, 6.45) is 3.46. The molecule has 0 bridgehead atoms. The molecule has 2 nitrogen and oxygen atoms in total. The van der Waals surface area contributed by atoms with E-state index in [0.29, 0.717) is 5.02 Å². The Morgan fingerprint density at radius 2 is 2.14 bits per heavy atom. The van der Waals surface area contributed by atoms with Crippen molar-refractivity contribution in [2.24, 2.45) is 0 Å². The molecule has 14 heavy (non-hydrogen) atoms. The molecule has 0 aliphatic heterocycles. The van der Waals surface area contributed by atoms with Crippen molar-refractivity contribution in [2.75, 3.05) is 0 Å². The first-order valence-corrected chi connectivity index (χ1v) is 5.22. The molecule has 2 aromatic rings. The molecule has 0 amide bonds. The van der Waals surface area contributed by atoms with E-state index in [4.69, 9.17) is 16.7 Å². The molecule has 0 saturated carbocycles. The summed E-state index contributed by atoms with van der Waals surface area (Å²) in [4.78, 5) is 4.04. The highest BCUT2D eigenvalue weighted by Gasteiger charge is 2.04. The maximum Gasteiger partial charge on any atom is 0.0696 e. The number of hydrogen-bond acceptors (Lipinski definition) is 2. The molecular formula is C10H7BrClNO. The van der Waals surface area contributed by atoms with Crippen LogP contribution in [-0.2, 0) is 6.61 Å². The summed E-state index contributed by atoms with van der Waals surface area (Å²) in [6.45, 7) is -0.0520. The zero-order chi connectivity index (χ0) is 10.1. The van der Waals surface area contributed by atoms with Crippen LogP contribution in [0.2, 0.25) is 5.02 Å². The lowest BCUT2D eigenvalue weighted by molar-refractivity contribution is 0.282. The van der Waals surface area contributed by atoms with Gasteiger partial charge < -0.3 is 5.11 Å². The predicted octanol–water partition coefficient (Wildman–Crippen LogP) is 3.14. The van der Waals surface area contributed by atoms with Gasteiger partial charge in [0.05, 0.1) is 6.61 Å². The second-order valence-electron chi connectivity index (χ2n) is 2.94. The summed E-state index contributed by atoms with van der Waals surface area (Å²) in [5.41, 5.74) is 0.728. The first-order chi connectivity index (χ1) is 6.72. The molecule has 0 aliphatic carbocycles. The molecule has 0 spiro atoms. The van der Waals surface area contributed by atoms with E-state index in [2.05, 4.69) is 20.9 Å². The van der Waals surface area contributed by atoms with E-state index >= 15 is 0 Å². The fourth-order valence-electron chi connectivity index (χ4n) is 1.32. The average molecular weight is 273 g/mol. The molecule has 0 aliphatic rings. The molecule has 0 fully saturated rings. The van der Waals surface area contributed by atoms with Gasteiger partial charge in [-0.05, 0) is 39.0 Å². The minimum absolute atomic E-state index is 0.0520. The van der Waals surface area contributed by atoms with E-state index in [9.17, 15) is 0 Å². The van der Waals surface area contributed by atoms with Gasteiger partial charge in [0.1, 0.15) is 0 Å². The third-order valence-electron chi connectivity index (χ3n) is 2.05. The Morgan fingerprint density at radius 1 is 1.36 bits per heavy atom. The summed E-state index contributed by atoms with van der Waals surface area (Å²) in [5, 5.41) is 11.6. The predicted molar refractivity (Wildman–Crippen MR) is 60.4 cm³/mol. The van der Waals surface area contributed by atoms with Crippen LogP contribution in [0.5, 0.6) is 0 Å². The number of halogens is 2. The number of fused-ring (bicyclic) bond motifs is 1. The van der Waals surface area contributed by atoms with Gasteiger partial charge in [-0.25, -0.2) is 0 Å². The molecule has 72 valence electrons. The van der Waals surface area contributed by atoms with Gasteiger partial charge in [-0.2, -0.15) is 0 Å². The SMILES string of the molecule is OCc1cc2c(Br)cncc2cc1Cl. The summed E-state index contributed by atoms with van der Waals surface area (Å²) >= 11 is 9.35. The Balaban J connectivity index is 2.80. The highest BCUT2D eigenvalue weighted by molar-refractivity contribution is 9.10. The zero-order valence-corrected chi connectivity index (χ0v) is 9.51. The third-order valence-corrected chi connectivity index (χ3v) is 3.03. The minimum atomic E-state index is -0.0520. The fraction of sp³-hybridized carbons (Fsp3) is 0.100. The van der Waals surface area contributed by atoms with Gasteiger partial charge in [-0.15, -0.1) is 0 Å². The zero-order valence-electron chi connectivity index (χ0n) is 7.17. The molecule has 0 saturated heterocycles. The minimum Gasteiger partial charge on any atom is -0.392 e. The van der Waals surface area contributed by atoms with Gasteiger partial charge in [0.25, 0.3) is 0 Å². The lowest BCUT2D eigenvalue weighted by Crippen LogP contribution is -1.87. The Bertz CT molecular complexity index is 487. The number of aliphatic hydroxyl groups is 1. The van der Waals surface area contributed by atoms with Gasteiger partial charge in [0, 0.05) is 27.3 Å². The van der Waals surface area contributed by atoms with Gasteiger partial charge >= 0.3 is 0 Å². The molecule has 1 heterocycles. The highest BCUT2D eigenvalue weighted by atomic mass is 79.9. The molecule has 1 aromatic heterocycles. The largest absolute Gasteiger partial charge is 0.392 e. The van der Waals surface area contributed by atoms with Crippen LogP contribution >= 0.6 is 27.5 Å². The summed E-state index contributed by atoms with van der Waals surface area (Å²) in [5.74, 6) is 0. The van der Waals surface area contributed by atoms with Crippen molar-refractivity contribution in [1.29, 1.82) is 0 Å². The molecule has 0 unspecified atom stereocenters. The van der Waals surface area contributed by atoms with Crippen LogP contribution in [-0.4, -0.2) is 10.1 Å². The van der Waals surface area contributed by atoms with E-state index in [1.807, 2.05) is 6.07 Å². The Labute approximate surface area is 94.7 Å². The van der Waals surface area contributed by atoms with Crippen molar-refractivity contribution >= 4 is 38.3 Å². The van der Waals surface area contributed by atoms with E-state index in [-0.39, 0.29) is 6.61 Å². The first-order valence-electron chi connectivity index (χ1n) is 4.05. The first kappa shape index (κ1) is 9.90. The Morgan fingerprint density at radius 3 is 2.86 bits per heavy atom. The van der Waals surface area contributed by atoms with E-state index in [1.54, 1.807) is 18.5 Å². The molecule has 2 rings (SSSR count). The van der Waals surface area contributed by atoms with E-state index < -0.39 is 0 Å². The van der Waals surface area contributed by atoms with Gasteiger partial charge in [-0.3, -0.25) is 4.98 Å². The van der Waals surface area contributed by atoms with Gasteiger partial charge in [0.15, 0.2) is 0 Å². The number of aliphatic hydroxyl groups excluding tert-OH is 1. The third kappa shape index (κ3) is 1.63. The van der Waals surface area contributed by atoms with Crippen molar-refractivity contribution in [3.8, 4) is 0 Å². The quantitative estimate of drug-likeness (QED) is 0.865. The molecule has 0 radical (unpaired) electrons.